The number of nitrogens with one attached hydrogen (secondary N) is 1. The zero-order chi connectivity index (χ0) is 19.8. The third-order valence-corrected chi connectivity index (χ3v) is 6.92. The molecule has 0 saturated heterocycles. The molecule has 0 aliphatic heterocycles. The molecule has 1 aliphatic rings. The van der Waals surface area contributed by atoms with Crippen molar-refractivity contribution in [2.24, 2.45) is 0 Å². The molecule has 2 atom stereocenters. The van der Waals surface area contributed by atoms with Crippen molar-refractivity contribution < 1.29 is 22.3 Å². The molecule has 27 heavy (non-hydrogen) atoms. The number of esters is 1. The van der Waals surface area contributed by atoms with Crippen LogP contribution in [0, 0.1) is 5.82 Å². The van der Waals surface area contributed by atoms with Crippen molar-refractivity contribution in [2.45, 2.75) is 43.6 Å². The van der Waals surface area contributed by atoms with Gasteiger partial charge in [0.05, 0.1) is 5.69 Å². The second-order valence-corrected chi connectivity index (χ2v) is 8.95. The number of halogens is 2. The van der Waals surface area contributed by atoms with E-state index >= 15 is 0 Å². The van der Waals surface area contributed by atoms with Crippen LogP contribution in [0.2, 0.25) is 0 Å². The molecule has 1 aliphatic carbocycles. The highest BCUT2D eigenvalue weighted by molar-refractivity contribution is 9.10. The Hall–Kier alpha value is -1.93. The first kappa shape index (κ1) is 19.8. The molecule has 144 valence electrons. The van der Waals surface area contributed by atoms with Crippen LogP contribution in [0.3, 0.4) is 0 Å². The normalized spacial score (nSPS) is 19.3. The number of aryl methyl sites for hydroxylation is 1. The van der Waals surface area contributed by atoms with E-state index in [-0.39, 0.29) is 18.0 Å². The van der Waals surface area contributed by atoms with Crippen molar-refractivity contribution in [2.75, 3.05) is 4.72 Å². The summed E-state index contributed by atoms with van der Waals surface area (Å²) in [6.07, 6.45) is 1.15. The predicted molar refractivity (Wildman–Crippen MR) is 104 cm³/mol. The van der Waals surface area contributed by atoms with Gasteiger partial charge in [0.2, 0.25) is 0 Å². The van der Waals surface area contributed by atoms with Crippen LogP contribution in [0.4, 0.5) is 10.1 Å². The molecule has 0 bridgehead atoms. The summed E-state index contributed by atoms with van der Waals surface area (Å²) in [7, 11) is -4.08. The van der Waals surface area contributed by atoms with E-state index in [1.807, 2.05) is 13.0 Å². The van der Waals surface area contributed by atoms with Gasteiger partial charge >= 0.3 is 5.97 Å². The van der Waals surface area contributed by atoms with Gasteiger partial charge in [-0.15, -0.1) is 0 Å². The Morgan fingerprint density at radius 1 is 1.26 bits per heavy atom. The van der Waals surface area contributed by atoms with Crippen molar-refractivity contribution >= 4 is 37.6 Å². The highest BCUT2D eigenvalue weighted by atomic mass is 79.9. The Labute approximate surface area is 166 Å². The minimum absolute atomic E-state index is 0.107. The van der Waals surface area contributed by atoms with Gasteiger partial charge in [0.25, 0.3) is 10.0 Å². The number of anilines is 1. The number of benzene rings is 2. The standard InChI is InChI=1S/C19H19BrFNO4S/c1-11-16(26-12(2)23)10-8-13-7-9-15(19(20)18(11)13)22-27(24,25)17-6-4-3-5-14(17)21/h3-7,9,11,16,22H,8,10H2,1-2H3/t11-,16-/m0/s1. The van der Waals surface area contributed by atoms with E-state index < -0.39 is 20.7 Å². The molecule has 0 spiro atoms. The van der Waals surface area contributed by atoms with Crippen molar-refractivity contribution in [1.82, 2.24) is 0 Å². The average molecular weight is 456 g/mol. The van der Waals surface area contributed by atoms with Crippen molar-refractivity contribution in [3.63, 3.8) is 0 Å². The van der Waals surface area contributed by atoms with E-state index in [1.54, 1.807) is 6.07 Å². The highest BCUT2D eigenvalue weighted by Gasteiger charge is 2.31. The summed E-state index contributed by atoms with van der Waals surface area (Å²) in [5.41, 5.74) is 2.26. The van der Waals surface area contributed by atoms with E-state index in [0.717, 1.165) is 23.6 Å². The Morgan fingerprint density at radius 2 is 1.96 bits per heavy atom. The van der Waals surface area contributed by atoms with E-state index in [0.29, 0.717) is 16.6 Å². The lowest BCUT2D eigenvalue weighted by molar-refractivity contribution is -0.147. The Bertz CT molecular complexity index is 993. The SMILES string of the molecule is CC(=O)O[C@H]1CCc2ccc(NS(=O)(=O)c3ccccc3F)c(Br)c2[C@H]1C. The molecular formula is C19H19BrFNO4S. The number of fused-ring (bicyclic) bond motifs is 1. The number of sulfonamides is 1. The summed E-state index contributed by atoms with van der Waals surface area (Å²) >= 11 is 3.48. The summed E-state index contributed by atoms with van der Waals surface area (Å²) in [5.74, 6) is -1.27. The molecule has 0 aromatic heterocycles. The van der Waals surface area contributed by atoms with E-state index in [9.17, 15) is 17.6 Å². The molecule has 0 fully saturated rings. The lowest BCUT2D eigenvalue weighted by Gasteiger charge is -2.32. The Morgan fingerprint density at radius 3 is 2.63 bits per heavy atom. The maximum absolute atomic E-state index is 13.9. The first-order valence-corrected chi connectivity index (χ1v) is 10.7. The number of rotatable bonds is 4. The van der Waals surface area contributed by atoms with Crippen LogP contribution in [0.1, 0.15) is 37.3 Å². The second-order valence-electron chi connectivity index (χ2n) is 6.51. The van der Waals surface area contributed by atoms with Gasteiger partial charge < -0.3 is 4.74 Å². The number of carbonyl (C=O) groups excluding carboxylic acids is 1. The largest absolute Gasteiger partial charge is 0.462 e. The average Bonchev–Trinajstić information content (AvgIpc) is 2.59. The minimum atomic E-state index is -4.08. The summed E-state index contributed by atoms with van der Waals surface area (Å²) in [6, 6.07) is 8.71. The van der Waals surface area contributed by atoms with E-state index in [4.69, 9.17) is 4.74 Å². The highest BCUT2D eigenvalue weighted by Crippen LogP contribution is 2.42. The van der Waals surface area contributed by atoms with Gasteiger partial charge in [-0.3, -0.25) is 9.52 Å². The molecule has 2 aromatic carbocycles. The number of hydrogen-bond donors (Lipinski definition) is 1. The van der Waals surface area contributed by atoms with E-state index in [2.05, 4.69) is 20.7 Å². The van der Waals surface area contributed by atoms with Crippen LogP contribution in [0.15, 0.2) is 45.8 Å². The summed E-state index contributed by atoms with van der Waals surface area (Å²) in [6.45, 7) is 3.31. The summed E-state index contributed by atoms with van der Waals surface area (Å²) in [5, 5.41) is 0. The fourth-order valence-corrected chi connectivity index (χ4v) is 5.52. The lowest BCUT2D eigenvalue weighted by Crippen LogP contribution is -2.28. The second kappa shape index (κ2) is 7.59. The van der Waals surface area contributed by atoms with Gasteiger partial charge in [0.1, 0.15) is 16.8 Å². The molecule has 8 heteroatoms. The van der Waals surface area contributed by atoms with Crippen molar-refractivity contribution in [3.8, 4) is 0 Å². The number of carbonyl (C=O) groups is 1. The minimum Gasteiger partial charge on any atom is -0.462 e. The first-order chi connectivity index (χ1) is 12.7. The van der Waals surface area contributed by atoms with Crippen LogP contribution in [-0.2, 0) is 26.0 Å². The molecule has 0 amide bonds. The maximum Gasteiger partial charge on any atom is 0.302 e. The molecule has 0 heterocycles. The summed E-state index contributed by atoms with van der Waals surface area (Å²) < 4.78 is 47.5. The quantitative estimate of drug-likeness (QED) is 0.694. The number of ether oxygens (including phenoxy) is 1. The van der Waals surface area contributed by atoms with Gasteiger partial charge in [-0.25, -0.2) is 12.8 Å². The van der Waals surface area contributed by atoms with E-state index in [1.165, 1.54) is 25.1 Å². The van der Waals surface area contributed by atoms with Gasteiger partial charge in [-0.1, -0.05) is 25.1 Å². The van der Waals surface area contributed by atoms with Gasteiger partial charge in [0, 0.05) is 17.3 Å². The molecule has 0 radical (unpaired) electrons. The molecule has 2 aromatic rings. The Balaban J connectivity index is 1.97. The predicted octanol–water partition coefficient (Wildman–Crippen LogP) is 4.37. The van der Waals surface area contributed by atoms with Crippen LogP contribution < -0.4 is 4.72 Å². The Kier molecular flexibility index (Phi) is 5.58. The topological polar surface area (TPSA) is 72.5 Å². The summed E-state index contributed by atoms with van der Waals surface area (Å²) in [4.78, 5) is 10.9. The first-order valence-electron chi connectivity index (χ1n) is 8.46. The third-order valence-electron chi connectivity index (χ3n) is 4.67. The number of hydrogen-bond acceptors (Lipinski definition) is 4. The lowest BCUT2D eigenvalue weighted by atomic mass is 9.81. The van der Waals surface area contributed by atoms with Crippen LogP contribution >= 0.6 is 15.9 Å². The smallest absolute Gasteiger partial charge is 0.302 e. The van der Waals surface area contributed by atoms with Crippen LogP contribution in [-0.4, -0.2) is 20.5 Å². The van der Waals surface area contributed by atoms with Gasteiger partial charge in [0.15, 0.2) is 0 Å². The molecular weight excluding hydrogens is 437 g/mol. The molecule has 5 nitrogen and oxygen atoms in total. The third kappa shape index (κ3) is 4.01. The molecule has 0 saturated carbocycles. The van der Waals surface area contributed by atoms with Crippen molar-refractivity contribution in [1.29, 1.82) is 0 Å². The molecule has 1 N–H and O–H groups in total. The van der Waals surface area contributed by atoms with Crippen molar-refractivity contribution in [3.05, 3.63) is 57.8 Å². The maximum atomic E-state index is 13.9. The zero-order valence-electron chi connectivity index (χ0n) is 14.8. The monoisotopic (exact) mass is 455 g/mol. The zero-order valence-corrected chi connectivity index (χ0v) is 17.2. The van der Waals surface area contributed by atoms with Crippen LogP contribution in [0.25, 0.3) is 0 Å². The van der Waals surface area contributed by atoms with Gasteiger partial charge in [-0.05, 0) is 58.1 Å². The fourth-order valence-electron chi connectivity index (χ4n) is 3.39. The molecule has 3 rings (SSSR count). The van der Waals surface area contributed by atoms with Gasteiger partial charge in [-0.2, -0.15) is 0 Å². The fraction of sp³-hybridized carbons (Fsp3) is 0.316. The van der Waals surface area contributed by atoms with Crippen LogP contribution in [0.5, 0.6) is 0 Å². The molecule has 0 unspecified atom stereocenters.